The fourth-order valence-corrected chi connectivity index (χ4v) is 5.46. The third kappa shape index (κ3) is 7.23. The van der Waals surface area contributed by atoms with E-state index >= 15 is 0 Å². The Morgan fingerprint density at radius 3 is 2.31 bits per heavy atom. The van der Waals surface area contributed by atoms with Crippen LogP contribution in [0, 0.1) is 5.41 Å². The molecule has 7 heteroatoms. The van der Waals surface area contributed by atoms with Crippen LogP contribution in [0.4, 0.5) is 0 Å². The van der Waals surface area contributed by atoms with E-state index in [0.29, 0.717) is 5.75 Å². The van der Waals surface area contributed by atoms with Crippen molar-refractivity contribution in [2.24, 2.45) is 10.5 Å². The normalized spacial score (nSPS) is 12.8. The number of benzene rings is 1. The van der Waals surface area contributed by atoms with E-state index in [1.807, 2.05) is 24.4 Å². The Kier molecular flexibility index (Phi) is 8.10. The molecule has 0 saturated carbocycles. The maximum atomic E-state index is 12.1. The second kappa shape index (κ2) is 9.75. The Morgan fingerprint density at radius 2 is 1.79 bits per heavy atom. The number of nitrogens with zero attached hydrogens (tertiary/aromatic N) is 1. The van der Waals surface area contributed by atoms with Crippen LogP contribution >= 0.6 is 43.2 Å². The van der Waals surface area contributed by atoms with E-state index in [2.05, 4.69) is 89.1 Å². The number of hydrazone groups is 1. The number of carbonyl (C=O) groups excluding carboxylic acids is 1. The van der Waals surface area contributed by atoms with Gasteiger partial charge in [-0.1, -0.05) is 40.7 Å². The standard InChI is InChI=1S/C22H28Br2N2O2S/c1-14(18-8-7-9-29-18)25-26-19(27)12-28-20-16(23)10-15(11-17(20)24)22(5,6)13-21(2,3)4/h7-11H,12-13H2,1-6H3,(H,26,27)/b25-14-. The van der Waals surface area contributed by atoms with Crippen molar-refractivity contribution < 1.29 is 9.53 Å². The quantitative estimate of drug-likeness (QED) is 0.305. The van der Waals surface area contributed by atoms with E-state index in [0.717, 1.165) is 26.0 Å². The number of hydrogen-bond acceptors (Lipinski definition) is 4. The number of halogens is 2. The zero-order valence-corrected chi connectivity index (χ0v) is 21.7. The molecule has 2 aromatic rings. The van der Waals surface area contributed by atoms with Gasteiger partial charge in [0.1, 0.15) is 5.75 Å². The average Bonchev–Trinajstić information content (AvgIpc) is 3.11. The van der Waals surface area contributed by atoms with Crippen LogP contribution in [-0.2, 0) is 10.2 Å². The second-order valence-corrected chi connectivity index (χ2v) is 11.5. The van der Waals surface area contributed by atoms with E-state index in [4.69, 9.17) is 4.74 Å². The third-order valence-corrected chi connectivity index (χ3v) is 6.48. The molecule has 0 aliphatic heterocycles. The van der Waals surface area contributed by atoms with Crippen molar-refractivity contribution in [2.75, 3.05) is 6.61 Å². The molecule has 0 radical (unpaired) electrons. The molecule has 2 rings (SSSR count). The molecule has 1 N–H and O–H groups in total. The lowest BCUT2D eigenvalue weighted by atomic mass is 9.72. The highest BCUT2D eigenvalue weighted by atomic mass is 79.9. The lowest BCUT2D eigenvalue weighted by molar-refractivity contribution is -0.123. The first-order chi connectivity index (χ1) is 13.4. The summed E-state index contributed by atoms with van der Waals surface area (Å²) in [5, 5.41) is 6.10. The minimum absolute atomic E-state index is 0.00717. The molecular weight excluding hydrogens is 516 g/mol. The van der Waals surface area contributed by atoms with Crippen LogP contribution in [0.25, 0.3) is 0 Å². The highest BCUT2D eigenvalue weighted by Crippen LogP contribution is 2.42. The first kappa shape index (κ1) is 24.1. The fourth-order valence-electron chi connectivity index (χ4n) is 3.37. The van der Waals surface area contributed by atoms with Crippen molar-refractivity contribution in [1.29, 1.82) is 0 Å². The summed E-state index contributed by atoms with van der Waals surface area (Å²) < 4.78 is 7.38. The number of ether oxygens (including phenoxy) is 1. The van der Waals surface area contributed by atoms with Crippen LogP contribution in [-0.4, -0.2) is 18.2 Å². The molecule has 29 heavy (non-hydrogen) atoms. The van der Waals surface area contributed by atoms with Gasteiger partial charge in [-0.25, -0.2) is 5.43 Å². The van der Waals surface area contributed by atoms with Crippen LogP contribution in [0.5, 0.6) is 5.75 Å². The molecule has 0 aliphatic rings. The molecule has 158 valence electrons. The number of hydrogen-bond donors (Lipinski definition) is 1. The molecule has 1 aromatic heterocycles. The summed E-state index contributed by atoms with van der Waals surface area (Å²) in [4.78, 5) is 13.1. The van der Waals surface area contributed by atoms with Gasteiger partial charge in [0.05, 0.1) is 14.7 Å². The Balaban J connectivity index is 2.04. The fraction of sp³-hybridized carbons (Fsp3) is 0.455. The van der Waals surface area contributed by atoms with E-state index < -0.39 is 0 Å². The van der Waals surface area contributed by atoms with Crippen LogP contribution in [0.15, 0.2) is 43.7 Å². The molecular formula is C22H28Br2N2O2S. The number of thiophene rings is 1. The number of carbonyl (C=O) groups is 1. The molecule has 1 amide bonds. The zero-order chi connectivity index (χ0) is 21.8. The van der Waals surface area contributed by atoms with Crippen LogP contribution in [0.2, 0.25) is 0 Å². The molecule has 0 bridgehead atoms. The number of amides is 1. The highest BCUT2D eigenvalue weighted by molar-refractivity contribution is 9.11. The molecule has 0 aliphatic carbocycles. The van der Waals surface area contributed by atoms with Gasteiger partial charge in [0.2, 0.25) is 0 Å². The monoisotopic (exact) mass is 542 g/mol. The third-order valence-electron chi connectivity index (χ3n) is 4.33. The zero-order valence-electron chi connectivity index (χ0n) is 17.7. The van der Waals surface area contributed by atoms with E-state index in [1.54, 1.807) is 11.3 Å². The molecule has 0 unspecified atom stereocenters. The minimum Gasteiger partial charge on any atom is -0.481 e. The largest absolute Gasteiger partial charge is 0.481 e. The summed E-state index contributed by atoms with van der Waals surface area (Å²) in [6.07, 6.45) is 1.04. The van der Waals surface area contributed by atoms with Gasteiger partial charge in [-0.3, -0.25) is 4.79 Å². The molecule has 4 nitrogen and oxygen atoms in total. The van der Waals surface area contributed by atoms with Gasteiger partial charge < -0.3 is 4.74 Å². The lowest BCUT2D eigenvalue weighted by Gasteiger charge is -2.33. The van der Waals surface area contributed by atoms with Crippen molar-refractivity contribution in [3.05, 3.63) is 49.0 Å². The minimum atomic E-state index is -0.308. The van der Waals surface area contributed by atoms with Crippen LogP contribution < -0.4 is 10.2 Å². The van der Waals surface area contributed by atoms with Crippen molar-refractivity contribution in [2.45, 2.75) is 53.4 Å². The van der Waals surface area contributed by atoms with E-state index in [1.165, 1.54) is 5.56 Å². The van der Waals surface area contributed by atoms with Gasteiger partial charge in [-0.2, -0.15) is 5.10 Å². The maximum absolute atomic E-state index is 12.1. The van der Waals surface area contributed by atoms with E-state index in [-0.39, 0.29) is 23.3 Å². The average molecular weight is 544 g/mol. The summed E-state index contributed by atoms with van der Waals surface area (Å²) in [6, 6.07) is 8.06. The summed E-state index contributed by atoms with van der Waals surface area (Å²) in [7, 11) is 0. The van der Waals surface area contributed by atoms with E-state index in [9.17, 15) is 4.79 Å². The topological polar surface area (TPSA) is 50.7 Å². The predicted octanol–water partition coefficient (Wildman–Crippen LogP) is 6.91. The molecule has 0 saturated heterocycles. The second-order valence-electron chi connectivity index (χ2n) is 8.89. The summed E-state index contributed by atoms with van der Waals surface area (Å²) >= 11 is 8.77. The Bertz CT molecular complexity index is 862. The van der Waals surface area contributed by atoms with Crippen molar-refractivity contribution in [3.8, 4) is 5.75 Å². The van der Waals surface area contributed by atoms with Crippen LogP contribution in [0.1, 0.15) is 58.4 Å². The SMILES string of the molecule is C/C(=N/NC(=O)COc1c(Br)cc(C(C)(C)CC(C)(C)C)cc1Br)c1cccs1. The summed E-state index contributed by atoms with van der Waals surface area (Å²) in [5.41, 5.74) is 4.74. The summed E-state index contributed by atoms with van der Waals surface area (Å²) in [5.74, 6) is 0.297. The first-order valence-electron chi connectivity index (χ1n) is 9.38. The Labute approximate surface area is 194 Å². The van der Waals surface area contributed by atoms with Gasteiger partial charge in [0, 0.05) is 4.88 Å². The van der Waals surface area contributed by atoms with Gasteiger partial charge in [-0.15, -0.1) is 11.3 Å². The molecule has 0 spiro atoms. The van der Waals surface area contributed by atoms with Crippen molar-refractivity contribution >= 4 is 54.8 Å². The Hall–Kier alpha value is -1.18. The molecule has 0 atom stereocenters. The number of rotatable bonds is 7. The lowest BCUT2D eigenvalue weighted by Crippen LogP contribution is -2.26. The molecule has 1 heterocycles. The Morgan fingerprint density at radius 1 is 1.17 bits per heavy atom. The molecule has 0 fully saturated rings. The smallest absolute Gasteiger partial charge is 0.277 e. The van der Waals surface area contributed by atoms with Gasteiger partial charge >= 0.3 is 0 Å². The first-order valence-corrected chi connectivity index (χ1v) is 11.8. The van der Waals surface area contributed by atoms with Gasteiger partial charge in [0.15, 0.2) is 6.61 Å². The van der Waals surface area contributed by atoms with Crippen molar-refractivity contribution in [1.82, 2.24) is 5.43 Å². The van der Waals surface area contributed by atoms with Gasteiger partial charge in [0.25, 0.3) is 5.91 Å². The highest BCUT2D eigenvalue weighted by Gasteiger charge is 2.28. The summed E-state index contributed by atoms with van der Waals surface area (Å²) in [6.45, 7) is 13.0. The van der Waals surface area contributed by atoms with Gasteiger partial charge in [-0.05, 0) is 85.2 Å². The van der Waals surface area contributed by atoms with Crippen LogP contribution in [0.3, 0.4) is 0 Å². The molecule has 1 aromatic carbocycles. The maximum Gasteiger partial charge on any atom is 0.277 e. The number of nitrogens with one attached hydrogen (secondary N) is 1. The predicted molar refractivity (Wildman–Crippen MR) is 129 cm³/mol. The van der Waals surface area contributed by atoms with Crippen molar-refractivity contribution in [3.63, 3.8) is 0 Å².